The molecule has 2 rings (SSSR count). The Hall–Kier alpha value is -1.08. The largest absolute Gasteiger partial charge is 0.381 e. The van der Waals surface area contributed by atoms with Crippen molar-refractivity contribution in [2.45, 2.75) is 24.8 Å². The van der Waals surface area contributed by atoms with Gasteiger partial charge in [-0.2, -0.15) is 0 Å². The highest BCUT2D eigenvalue weighted by Gasteiger charge is 2.38. The Kier molecular flexibility index (Phi) is 2.47. The number of sulfonamides is 1. The summed E-state index contributed by atoms with van der Waals surface area (Å²) in [6, 6.07) is 0. The molecule has 1 fully saturated rings. The number of rotatable bonds is 4. The van der Waals surface area contributed by atoms with Gasteiger partial charge in [-0.05, 0) is 18.3 Å². The normalized spacial score (nSPS) is 18.6. The number of nitrogen functional groups attached to an aromatic ring is 1. The molecule has 0 amide bonds. The molecule has 0 bridgehead atoms. The van der Waals surface area contributed by atoms with E-state index in [9.17, 15) is 8.42 Å². The molecule has 90 valence electrons. The van der Waals surface area contributed by atoms with Gasteiger partial charge >= 0.3 is 0 Å². The van der Waals surface area contributed by atoms with Crippen molar-refractivity contribution in [1.82, 2.24) is 14.3 Å². The van der Waals surface area contributed by atoms with Crippen molar-refractivity contribution >= 4 is 15.8 Å². The smallest absolute Gasteiger partial charge is 0.260 e. The van der Waals surface area contributed by atoms with Gasteiger partial charge in [-0.1, -0.05) is 6.92 Å². The fraction of sp³-hybridized carbons (Fsp3) is 0.667. The van der Waals surface area contributed by atoms with Crippen LogP contribution in [0.3, 0.4) is 0 Å². The van der Waals surface area contributed by atoms with E-state index in [1.165, 1.54) is 10.9 Å². The second-order valence-electron chi connectivity index (χ2n) is 4.68. The van der Waals surface area contributed by atoms with E-state index in [1.807, 2.05) is 0 Å². The molecular formula is C9H16N4O2S. The molecule has 1 saturated carbocycles. The minimum Gasteiger partial charge on any atom is -0.381 e. The lowest BCUT2D eigenvalue weighted by Gasteiger charge is -2.11. The molecule has 0 radical (unpaired) electrons. The fourth-order valence-electron chi connectivity index (χ4n) is 1.49. The van der Waals surface area contributed by atoms with Crippen LogP contribution in [0.4, 0.5) is 5.82 Å². The van der Waals surface area contributed by atoms with Gasteiger partial charge in [0, 0.05) is 13.6 Å². The molecule has 0 saturated heterocycles. The molecule has 6 nitrogen and oxygen atoms in total. The van der Waals surface area contributed by atoms with Crippen LogP contribution in [0.2, 0.25) is 0 Å². The molecule has 0 aliphatic heterocycles. The third kappa shape index (κ3) is 2.05. The minimum absolute atomic E-state index is 0.0379. The van der Waals surface area contributed by atoms with E-state index >= 15 is 0 Å². The zero-order chi connectivity index (χ0) is 12.0. The van der Waals surface area contributed by atoms with E-state index in [0.717, 1.165) is 12.8 Å². The Labute approximate surface area is 94.9 Å². The van der Waals surface area contributed by atoms with Gasteiger partial charge in [-0.3, -0.25) is 0 Å². The van der Waals surface area contributed by atoms with Gasteiger partial charge in [0.2, 0.25) is 0 Å². The van der Waals surface area contributed by atoms with E-state index in [1.54, 1.807) is 7.05 Å². The molecule has 1 aliphatic carbocycles. The maximum Gasteiger partial charge on any atom is 0.260 e. The third-order valence-corrected chi connectivity index (χ3v) is 4.49. The van der Waals surface area contributed by atoms with Crippen molar-refractivity contribution in [1.29, 1.82) is 0 Å². The molecule has 1 aromatic rings. The minimum atomic E-state index is -3.55. The van der Waals surface area contributed by atoms with E-state index in [-0.39, 0.29) is 16.3 Å². The van der Waals surface area contributed by atoms with Crippen LogP contribution in [0.15, 0.2) is 11.4 Å². The quantitative estimate of drug-likeness (QED) is 0.785. The highest BCUT2D eigenvalue weighted by Crippen LogP contribution is 2.44. The lowest BCUT2D eigenvalue weighted by molar-refractivity contribution is 0.526. The predicted octanol–water partition coefficient (Wildman–Crippen LogP) is 0.0807. The topological polar surface area (TPSA) is 90.0 Å². The van der Waals surface area contributed by atoms with Crippen molar-refractivity contribution in [2.75, 3.05) is 12.3 Å². The first-order valence-corrected chi connectivity index (χ1v) is 6.59. The van der Waals surface area contributed by atoms with E-state index < -0.39 is 10.0 Å². The van der Waals surface area contributed by atoms with Crippen molar-refractivity contribution in [3.8, 4) is 0 Å². The van der Waals surface area contributed by atoms with Crippen LogP contribution in [-0.4, -0.2) is 24.5 Å². The molecule has 0 spiro atoms. The van der Waals surface area contributed by atoms with Crippen molar-refractivity contribution < 1.29 is 8.42 Å². The summed E-state index contributed by atoms with van der Waals surface area (Å²) in [7, 11) is -1.94. The Balaban J connectivity index is 2.19. The second kappa shape index (κ2) is 3.46. The summed E-state index contributed by atoms with van der Waals surface area (Å²) in [5.74, 6) is 0.0379. The number of nitrogens with zero attached hydrogens (tertiary/aromatic N) is 2. The molecule has 1 aromatic heterocycles. The summed E-state index contributed by atoms with van der Waals surface area (Å²) in [5.41, 5.74) is 5.66. The van der Waals surface area contributed by atoms with Crippen LogP contribution in [0, 0.1) is 5.41 Å². The number of aromatic nitrogens is 2. The van der Waals surface area contributed by atoms with Crippen LogP contribution in [0.5, 0.6) is 0 Å². The van der Waals surface area contributed by atoms with Crippen molar-refractivity contribution in [3.05, 3.63) is 6.33 Å². The molecule has 0 unspecified atom stereocenters. The van der Waals surface area contributed by atoms with E-state index in [0.29, 0.717) is 6.54 Å². The monoisotopic (exact) mass is 244 g/mol. The summed E-state index contributed by atoms with van der Waals surface area (Å²) in [6.07, 6.45) is 3.52. The number of anilines is 1. The maximum atomic E-state index is 12.0. The predicted molar refractivity (Wildman–Crippen MR) is 60.1 cm³/mol. The molecule has 0 atom stereocenters. The molecule has 1 heterocycles. The number of hydrogen-bond acceptors (Lipinski definition) is 4. The molecule has 0 aromatic carbocycles. The number of aryl methyl sites for hydroxylation is 1. The van der Waals surface area contributed by atoms with Gasteiger partial charge in [0.05, 0.1) is 6.33 Å². The lowest BCUT2D eigenvalue weighted by atomic mass is 10.2. The van der Waals surface area contributed by atoms with Crippen LogP contribution in [-0.2, 0) is 17.1 Å². The number of nitrogens with one attached hydrogen (secondary N) is 1. The second-order valence-corrected chi connectivity index (χ2v) is 6.36. The van der Waals surface area contributed by atoms with E-state index in [4.69, 9.17) is 5.73 Å². The first-order chi connectivity index (χ1) is 7.34. The van der Waals surface area contributed by atoms with Gasteiger partial charge in [0.15, 0.2) is 10.8 Å². The first kappa shape index (κ1) is 11.4. The summed E-state index contributed by atoms with van der Waals surface area (Å²) in [6.45, 7) is 2.52. The molecule has 16 heavy (non-hydrogen) atoms. The highest BCUT2D eigenvalue weighted by molar-refractivity contribution is 7.89. The van der Waals surface area contributed by atoms with Crippen LogP contribution >= 0.6 is 0 Å². The first-order valence-electron chi connectivity index (χ1n) is 5.11. The van der Waals surface area contributed by atoms with Crippen molar-refractivity contribution in [2.24, 2.45) is 12.5 Å². The van der Waals surface area contributed by atoms with E-state index in [2.05, 4.69) is 16.6 Å². The summed E-state index contributed by atoms with van der Waals surface area (Å²) >= 11 is 0. The standard InChI is InChI=1S/C9H16N4O2S/c1-9(3-4-9)5-12-16(14,15)8-7(10)11-6-13(8)2/h6,12H,3-5,10H2,1-2H3. The Morgan fingerprint density at radius 3 is 2.69 bits per heavy atom. The highest BCUT2D eigenvalue weighted by atomic mass is 32.2. The third-order valence-electron chi connectivity index (χ3n) is 2.96. The number of imidazole rings is 1. The molecule has 7 heteroatoms. The molecule has 3 N–H and O–H groups in total. The average Bonchev–Trinajstić information content (AvgIpc) is 2.82. The SMILES string of the molecule is Cn1cnc(N)c1S(=O)(=O)NCC1(C)CC1. The fourth-order valence-corrected chi connectivity index (χ4v) is 2.92. The zero-order valence-corrected chi connectivity index (χ0v) is 10.2. The molecular weight excluding hydrogens is 228 g/mol. The lowest BCUT2D eigenvalue weighted by Crippen LogP contribution is -2.30. The van der Waals surface area contributed by atoms with Crippen LogP contribution in [0.1, 0.15) is 19.8 Å². The zero-order valence-electron chi connectivity index (χ0n) is 9.40. The van der Waals surface area contributed by atoms with Crippen LogP contribution < -0.4 is 10.5 Å². The average molecular weight is 244 g/mol. The van der Waals surface area contributed by atoms with Crippen molar-refractivity contribution in [3.63, 3.8) is 0 Å². The Morgan fingerprint density at radius 1 is 1.62 bits per heavy atom. The summed E-state index contributed by atoms with van der Waals surface area (Å²) in [5, 5.41) is 0.0387. The van der Waals surface area contributed by atoms with Gasteiger partial charge in [0.25, 0.3) is 10.0 Å². The summed E-state index contributed by atoms with van der Waals surface area (Å²) < 4.78 is 27.9. The Bertz CT molecular complexity index is 482. The summed E-state index contributed by atoms with van der Waals surface area (Å²) in [4.78, 5) is 3.76. The Morgan fingerprint density at radius 2 is 2.25 bits per heavy atom. The number of hydrogen-bond donors (Lipinski definition) is 2. The number of nitrogens with two attached hydrogens (primary N) is 1. The van der Waals surface area contributed by atoms with Gasteiger partial charge in [-0.25, -0.2) is 18.1 Å². The van der Waals surface area contributed by atoms with Gasteiger partial charge < -0.3 is 10.3 Å². The van der Waals surface area contributed by atoms with Gasteiger partial charge in [-0.15, -0.1) is 0 Å². The maximum absolute atomic E-state index is 12.0. The van der Waals surface area contributed by atoms with Gasteiger partial charge in [0.1, 0.15) is 0 Å². The molecule has 1 aliphatic rings. The van der Waals surface area contributed by atoms with Crippen LogP contribution in [0.25, 0.3) is 0 Å².